The van der Waals surface area contributed by atoms with Crippen molar-refractivity contribution >= 4 is 23.0 Å². The van der Waals surface area contributed by atoms with Gasteiger partial charge in [0.1, 0.15) is 0 Å². The molecule has 0 saturated carbocycles. The van der Waals surface area contributed by atoms with Crippen molar-refractivity contribution < 1.29 is 0 Å². The van der Waals surface area contributed by atoms with E-state index in [9.17, 15) is 0 Å². The van der Waals surface area contributed by atoms with Crippen molar-refractivity contribution in [1.29, 1.82) is 5.41 Å². The molecule has 0 atom stereocenters. The summed E-state index contributed by atoms with van der Waals surface area (Å²) < 4.78 is 0. The standard InChI is InChI=1S/C11H13ClN2/c1-8-3-4-10(7-11(8)12)14-6-5-9(2)13/h3-7,13-14H,1-2H3/b6-5-,13-9?. The smallest absolute Gasteiger partial charge is 0.0455 e. The van der Waals surface area contributed by atoms with Crippen molar-refractivity contribution in [3.8, 4) is 0 Å². The van der Waals surface area contributed by atoms with Crippen LogP contribution in [-0.2, 0) is 0 Å². The third-order valence-electron chi connectivity index (χ3n) is 1.76. The zero-order valence-corrected chi connectivity index (χ0v) is 9.02. The second-order valence-corrected chi connectivity index (χ2v) is 3.53. The Morgan fingerprint density at radius 1 is 1.50 bits per heavy atom. The summed E-state index contributed by atoms with van der Waals surface area (Å²) in [6.07, 6.45) is 3.41. The number of rotatable bonds is 3. The Morgan fingerprint density at radius 3 is 2.79 bits per heavy atom. The Labute approximate surface area is 89.1 Å². The molecule has 1 aromatic carbocycles. The molecule has 0 fully saturated rings. The molecule has 0 heterocycles. The van der Waals surface area contributed by atoms with Crippen molar-refractivity contribution in [1.82, 2.24) is 0 Å². The normalized spacial score (nSPS) is 10.5. The van der Waals surface area contributed by atoms with Gasteiger partial charge in [-0.3, -0.25) is 0 Å². The molecule has 0 aliphatic carbocycles. The molecule has 74 valence electrons. The maximum absolute atomic E-state index is 7.18. The van der Waals surface area contributed by atoms with E-state index in [2.05, 4.69) is 5.32 Å². The first-order valence-corrected chi connectivity index (χ1v) is 4.72. The zero-order chi connectivity index (χ0) is 10.6. The number of hydrogen-bond donors (Lipinski definition) is 2. The first-order chi connectivity index (χ1) is 6.59. The molecule has 0 amide bonds. The maximum Gasteiger partial charge on any atom is 0.0455 e. The van der Waals surface area contributed by atoms with E-state index in [0.29, 0.717) is 5.71 Å². The molecule has 14 heavy (non-hydrogen) atoms. The first kappa shape index (κ1) is 10.8. The van der Waals surface area contributed by atoms with E-state index < -0.39 is 0 Å². The van der Waals surface area contributed by atoms with Gasteiger partial charge in [-0.1, -0.05) is 17.7 Å². The van der Waals surface area contributed by atoms with Crippen LogP contribution < -0.4 is 5.32 Å². The largest absolute Gasteiger partial charge is 0.362 e. The summed E-state index contributed by atoms with van der Waals surface area (Å²) in [6, 6.07) is 5.76. The first-order valence-electron chi connectivity index (χ1n) is 4.34. The van der Waals surface area contributed by atoms with Gasteiger partial charge in [-0.25, -0.2) is 0 Å². The molecular weight excluding hydrogens is 196 g/mol. The summed E-state index contributed by atoms with van der Waals surface area (Å²) in [5, 5.41) is 11.0. The van der Waals surface area contributed by atoms with Gasteiger partial charge in [0.05, 0.1) is 0 Å². The number of nitrogens with one attached hydrogen (secondary N) is 2. The Balaban J connectivity index is 2.69. The van der Waals surface area contributed by atoms with Gasteiger partial charge in [0.15, 0.2) is 0 Å². The summed E-state index contributed by atoms with van der Waals surface area (Å²) in [6.45, 7) is 3.68. The van der Waals surface area contributed by atoms with Crippen LogP contribution in [0, 0.1) is 12.3 Å². The number of anilines is 1. The minimum Gasteiger partial charge on any atom is -0.362 e. The second kappa shape index (κ2) is 4.82. The molecule has 0 saturated heterocycles. The number of hydrogen-bond acceptors (Lipinski definition) is 2. The summed E-state index contributed by atoms with van der Waals surface area (Å²) >= 11 is 5.95. The molecule has 2 N–H and O–H groups in total. The summed E-state index contributed by atoms with van der Waals surface area (Å²) in [7, 11) is 0. The van der Waals surface area contributed by atoms with Crippen LogP contribution in [0.1, 0.15) is 12.5 Å². The molecule has 0 unspecified atom stereocenters. The van der Waals surface area contributed by atoms with Gasteiger partial charge < -0.3 is 10.7 Å². The summed E-state index contributed by atoms with van der Waals surface area (Å²) in [4.78, 5) is 0. The highest BCUT2D eigenvalue weighted by Gasteiger charge is 1.95. The summed E-state index contributed by atoms with van der Waals surface area (Å²) in [5.74, 6) is 0. The van der Waals surface area contributed by atoms with Crippen molar-refractivity contribution in [3.63, 3.8) is 0 Å². The molecule has 0 aliphatic heterocycles. The topological polar surface area (TPSA) is 35.9 Å². The van der Waals surface area contributed by atoms with E-state index >= 15 is 0 Å². The van der Waals surface area contributed by atoms with Crippen molar-refractivity contribution in [2.75, 3.05) is 5.32 Å². The van der Waals surface area contributed by atoms with Gasteiger partial charge in [-0.15, -0.1) is 0 Å². The van der Waals surface area contributed by atoms with Gasteiger partial charge in [0.25, 0.3) is 0 Å². The lowest BCUT2D eigenvalue weighted by atomic mass is 10.2. The molecule has 0 aromatic heterocycles. The minimum atomic E-state index is 0.510. The van der Waals surface area contributed by atoms with E-state index in [0.717, 1.165) is 16.3 Å². The lowest BCUT2D eigenvalue weighted by molar-refractivity contribution is 1.45. The predicted molar refractivity (Wildman–Crippen MR) is 62.4 cm³/mol. The van der Waals surface area contributed by atoms with Gasteiger partial charge >= 0.3 is 0 Å². The lowest BCUT2D eigenvalue weighted by Gasteiger charge is -2.02. The minimum absolute atomic E-state index is 0.510. The molecule has 3 heteroatoms. The quantitative estimate of drug-likeness (QED) is 0.732. The summed E-state index contributed by atoms with van der Waals surface area (Å²) in [5.41, 5.74) is 2.50. The van der Waals surface area contributed by atoms with E-state index in [1.54, 1.807) is 19.2 Å². The fourth-order valence-electron chi connectivity index (χ4n) is 0.946. The molecule has 0 spiro atoms. The van der Waals surface area contributed by atoms with Crippen molar-refractivity contribution in [2.24, 2.45) is 0 Å². The van der Waals surface area contributed by atoms with Gasteiger partial charge in [0.2, 0.25) is 0 Å². The third kappa shape index (κ3) is 3.23. The number of benzene rings is 1. The Kier molecular flexibility index (Phi) is 3.72. The van der Waals surface area contributed by atoms with E-state index in [1.165, 1.54) is 0 Å². The van der Waals surface area contributed by atoms with Crippen LogP contribution in [0.4, 0.5) is 5.69 Å². The highest BCUT2D eigenvalue weighted by Crippen LogP contribution is 2.19. The number of aryl methyl sites for hydroxylation is 1. The van der Waals surface area contributed by atoms with E-state index in [4.69, 9.17) is 17.0 Å². The lowest BCUT2D eigenvalue weighted by Crippen LogP contribution is -1.90. The molecule has 0 bridgehead atoms. The molecule has 1 aromatic rings. The van der Waals surface area contributed by atoms with Crippen LogP contribution >= 0.6 is 11.6 Å². The predicted octanol–water partition coefficient (Wildman–Crippen LogP) is 3.61. The van der Waals surface area contributed by atoms with Crippen LogP contribution in [0.2, 0.25) is 5.02 Å². The average molecular weight is 209 g/mol. The Morgan fingerprint density at radius 2 is 2.21 bits per heavy atom. The van der Waals surface area contributed by atoms with Crippen LogP contribution in [0.3, 0.4) is 0 Å². The number of halogens is 1. The van der Waals surface area contributed by atoms with E-state index in [1.807, 2.05) is 25.1 Å². The Bertz CT molecular complexity index is 370. The SMILES string of the molecule is CC(=N)/C=C\Nc1ccc(C)c(Cl)c1. The van der Waals surface area contributed by atoms with Gasteiger partial charge in [0, 0.05) is 22.6 Å². The molecule has 0 aliphatic rings. The fourth-order valence-corrected chi connectivity index (χ4v) is 1.13. The van der Waals surface area contributed by atoms with Gasteiger partial charge in [-0.2, -0.15) is 0 Å². The molecule has 1 rings (SSSR count). The Hall–Kier alpha value is -1.28. The second-order valence-electron chi connectivity index (χ2n) is 3.12. The van der Waals surface area contributed by atoms with Crippen LogP contribution in [-0.4, -0.2) is 5.71 Å². The monoisotopic (exact) mass is 208 g/mol. The highest BCUT2D eigenvalue weighted by atomic mass is 35.5. The molecule has 2 nitrogen and oxygen atoms in total. The fraction of sp³-hybridized carbons (Fsp3) is 0.182. The van der Waals surface area contributed by atoms with Gasteiger partial charge in [-0.05, 0) is 37.6 Å². The number of allylic oxidation sites excluding steroid dienone is 1. The highest BCUT2D eigenvalue weighted by molar-refractivity contribution is 6.31. The molecular formula is C11H13ClN2. The van der Waals surface area contributed by atoms with Crippen LogP contribution in [0.25, 0.3) is 0 Å². The van der Waals surface area contributed by atoms with E-state index in [-0.39, 0.29) is 0 Å². The third-order valence-corrected chi connectivity index (χ3v) is 2.16. The van der Waals surface area contributed by atoms with Crippen LogP contribution in [0.15, 0.2) is 30.5 Å². The van der Waals surface area contributed by atoms with Crippen molar-refractivity contribution in [2.45, 2.75) is 13.8 Å². The average Bonchev–Trinajstić information content (AvgIpc) is 2.10. The van der Waals surface area contributed by atoms with Crippen LogP contribution in [0.5, 0.6) is 0 Å². The van der Waals surface area contributed by atoms with Crippen molar-refractivity contribution in [3.05, 3.63) is 41.1 Å². The maximum atomic E-state index is 7.18. The zero-order valence-electron chi connectivity index (χ0n) is 8.26. The molecule has 0 radical (unpaired) electrons.